The van der Waals surface area contributed by atoms with E-state index in [9.17, 15) is 29.1 Å². The number of rotatable bonds is 6. The monoisotopic (exact) mass is 575 g/mol. The summed E-state index contributed by atoms with van der Waals surface area (Å²) in [6.45, 7) is 9.77. The Morgan fingerprint density at radius 3 is 2.41 bits per heavy atom. The fraction of sp³-hybridized carbons (Fsp3) is 0.700. The van der Waals surface area contributed by atoms with Crippen molar-refractivity contribution < 1.29 is 48.0 Å². The van der Waals surface area contributed by atoms with E-state index in [0.717, 1.165) is 0 Å². The van der Waals surface area contributed by atoms with E-state index in [4.69, 9.17) is 18.9 Å². The molecule has 2 unspecified atom stereocenters. The molecule has 4 aliphatic rings. The highest BCUT2D eigenvalue weighted by atomic mass is 16.6. The lowest BCUT2D eigenvalue weighted by molar-refractivity contribution is -0.175. The Labute approximate surface area is 240 Å². The predicted octanol–water partition coefficient (Wildman–Crippen LogP) is 1.90. The van der Waals surface area contributed by atoms with E-state index in [1.54, 1.807) is 34.7 Å². The molecule has 3 aliphatic carbocycles. The lowest BCUT2D eigenvalue weighted by Gasteiger charge is -2.56. The summed E-state index contributed by atoms with van der Waals surface area (Å²) in [4.78, 5) is 67.6. The average Bonchev–Trinajstić information content (AvgIpc) is 3.12. The molecule has 11 nitrogen and oxygen atoms in total. The Kier molecular flexibility index (Phi) is 8.03. The number of carbonyl (C=O) groups excluding carboxylic acids is 5. The van der Waals surface area contributed by atoms with Crippen LogP contribution in [0.4, 0.5) is 0 Å². The van der Waals surface area contributed by atoms with Crippen LogP contribution in [-0.2, 0) is 42.9 Å². The number of aliphatic hydroxyl groups is 1. The number of esters is 3. The second kappa shape index (κ2) is 10.7. The normalized spacial score (nSPS) is 35.9. The molecule has 41 heavy (non-hydrogen) atoms. The van der Waals surface area contributed by atoms with Crippen molar-refractivity contribution in [2.45, 2.75) is 84.7 Å². The lowest BCUT2D eigenvalue weighted by atomic mass is 9.50. The number of hydrogen-bond donors (Lipinski definition) is 1. The summed E-state index contributed by atoms with van der Waals surface area (Å²) in [7, 11) is 2.99. The number of hydrogen-bond acceptors (Lipinski definition) is 11. The van der Waals surface area contributed by atoms with Gasteiger partial charge in [0.1, 0.15) is 24.4 Å². The number of ether oxygens (including phenoxy) is 4. The maximum absolute atomic E-state index is 14.1. The number of fused-ring (bicyclic) bond motifs is 4. The van der Waals surface area contributed by atoms with E-state index in [1.807, 2.05) is 6.92 Å². The van der Waals surface area contributed by atoms with Gasteiger partial charge in [0.2, 0.25) is 11.6 Å². The van der Waals surface area contributed by atoms with Gasteiger partial charge in [0.05, 0.1) is 24.2 Å². The molecule has 4 rings (SSSR count). The molecule has 0 aromatic rings. The van der Waals surface area contributed by atoms with Crippen molar-refractivity contribution in [2.75, 3.05) is 27.3 Å². The first-order valence-electron chi connectivity index (χ1n) is 14.0. The molecule has 0 bridgehead atoms. The molecular formula is C30H41NO10. The van der Waals surface area contributed by atoms with Crippen LogP contribution < -0.4 is 0 Å². The van der Waals surface area contributed by atoms with Gasteiger partial charge in [0.15, 0.2) is 0 Å². The Balaban J connectivity index is 1.89. The van der Waals surface area contributed by atoms with E-state index in [-0.39, 0.29) is 30.7 Å². The molecule has 0 aromatic carbocycles. The van der Waals surface area contributed by atoms with E-state index < -0.39 is 76.1 Å². The number of nitrogens with zero attached hydrogens (tertiary/aromatic N) is 1. The van der Waals surface area contributed by atoms with E-state index in [0.29, 0.717) is 18.4 Å². The quantitative estimate of drug-likeness (QED) is 0.214. The summed E-state index contributed by atoms with van der Waals surface area (Å²) >= 11 is 0. The van der Waals surface area contributed by atoms with Gasteiger partial charge in [-0.1, -0.05) is 13.8 Å². The van der Waals surface area contributed by atoms with Crippen molar-refractivity contribution in [2.24, 2.45) is 22.7 Å². The summed E-state index contributed by atoms with van der Waals surface area (Å²) in [6.07, 6.45) is -0.146. The minimum Gasteiger partial charge on any atom is -0.459 e. The summed E-state index contributed by atoms with van der Waals surface area (Å²) in [5.41, 5.74) is -2.22. The van der Waals surface area contributed by atoms with Gasteiger partial charge in [0.25, 0.3) is 0 Å². The second-order valence-corrected chi connectivity index (χ2v) is 13.1. The molecule has 7 atom stereocenters. The molecule has 1 saturated carbocycles. The third kappa shape index (κ3) is 5.22. The van der Waals surface area contributed by atoms with Gasteiger partial charge in [0, 0.05) is 43.7 Å². The maximum Gasteiger partial charge on any atom is 0.336 e. The van der Waals surface area contributed by atoms with E-state index >= 15 is 0 Å². The van der Waals surface area contributed by atoms with Gasteiger partial charge in [-0.25, -0.2) is 4.79 Å². The molecule has 0 amide bonds. The average molecular weight is 576 g/mol. The van der Waals surface area contributed by atoms with Gasteiger partial charge in [-0.2, -0.15) is 0 Å². The Bertz CT molecular complexity index is 1230. The van der Waals surface area contributed by atoms with Crippen molar-refractivity contribution in [3.63, 3.8) is 0 Å². The number of Topliss-reactive ketones (excluding diaryl/α,β-unsaturated/α-hetero) is 2. The minimum atomic E-state index is -1.31. The molecular weight excluding hydrogens is 534 g/mol. The van der Waals surface area contributed by atoms with E-state index in [2.05, 4.69) is 0 Å². The summed E-state index contributed by atoms with van der Waals surface area (Å²) in [6, 6.07) is 0. The van der Waals surface area contributed by atoms with E-state index in [1.165, 1.54) is 25.1 Å². The fourth-order valence-electron chi connectivity index (χ4n) is 7.35. The molecule has 1 heterocycles. The van der Waals surface area contributed by atoms with Crippen molar-refractivity contribution in [3.05, 3.63) is 22.9 Å². The molecule has 1 aliphatic heterocycles. The Morgan fingerprint density at radius 1 is 1.17 bits per heavy atom. The first-order chi connectivity index (χ1) is 19.0. The van der Waals surface area contributed by atoms with Crippen LogP contribution in [0.15, 0.2) is 22.9 Å². The zero-order valence-electron chi connectivity index (χ0n) is 25.1. The molecule has 226 valence electrons. The third-order valence-electron chi connectivity index (χ3n) is 9.03. The molecule has 1 saturated heterocycles. The number of aliphatic hydroxyl groups excluding tert-OH is 1. The number of allylic oxidation sites excluding steroid dienone is 1. The fourth-order valence-corrected chi connectivity index (χ4v) is 7.35. The van der Waals surface area contributed by atoms with Gasteiger partial charge >= 0.3 is 17.9 Å². The molecule has 0 radical (unpaired) electrons. The first kappa shape index (κ1) is 30.9. The Hall–Kier alpha value is -3.05. The van der Waals surface area contributed by atoms with Crippen LogP contribution in [0.1, 0.15) is 60.8 Å². The van der Waals surface area contributed by atoms with Gasteiger partial charge in [-0.15, -0.1) is 0 Å². The van der Waals surface area contributed by atoms with Gasteiger partial charge in [-0.05, 0) is 51.5 Å². The Morgan fingerprint density at radius 2 is 1.83 bits per heavy atom. The highest BCUT2D eigenvalue weighted by molar-refractivity contribution is 6.47. The highest BCUT2D eigenvalue weighted by Gasteiger charge is 2.67. The van der Waals surface area contributed by atoms with Gasteiger partial charge < -0.3 is 29.0 Å². The second-order valence-electron chi connectivity index (χ2n) is 13.1. The standard InChI is InChI=1S/C30H41NO10/c1-15(32)39-18-11-29(5)17(9-10-19(29)33)22-24(18)30(6)20(14-38-8)40-27(37)16(23(30)26(36)25(22)35)12-31(7)13-21(34)41-28(2,3)4/h12,17-20,23,33H,9-11,13-14H2,1-8H3/b16-12+/t17?,18-,19+,20-,23?,29+,30+/m1/s1. The number of likely N-dealkylation sites (N-methyl/N-ethyl adjacent to an activating group) is 1. The number of carbonyl (C=O) groups is 5. The largest absolute Gasteiger partial charge is 0.459 e. The van der Waals surface area contributed by atoms with Crippen LogP contribution in [0.25, 0.3) is 0 Å². The van der Waals surface area contributed by atoms with Gasteiger partial charge in [-0.3, -0.25) is 19.2 Å². The zero-order valence-corrected chi connectivity index (χ0v) is 25.1. The number of cyclic esters (lactones) is 1. The zero-order chi connectivity index (χ0) is 30.7. The smallest absolute Gasteiger partial charge is 0.336 e. The number of methoxy groups -OCH3 is 1. The first-order valence-corrected chi connectivity index (χ1v) is 14.0. The summed E-state index contributed by atoms with van der Waals surface area (Å²) < 4.78 is 22.5. The highest BCUT2D eigenvalue weighted by Crippen LogP contribution is 2.63. The maximum atomic E-state index is 14.1. The van der Waals surface area contributed by atoms with Crippen molar-refractivity contribution in [3.8, 4) is 0 Å². The SMILES string of the molecule is COC[C@H]1OC(=O)/C(=C/N(C)CC(=O)OC(C)(C)C)C2C(=O)C(=O)C3=C([C@H](OC(C)=O)C[C@@]4(C)C3CC[C@@H]4O)[C@]21C. The molecule has 11 heteroatoms. The van der Waals surface area contributed by atoms with Crippen LogP contribution in [0.2, 0.25) is 0 Å². The molecule has 2 fully saturated rings. The van der Waals surface area contributed by atoms with Crippen LogP contribution in [0, 0.1) is 22.7 Å². The van der Waals surface area contributed by atoms with Crippen LogP contribution >= 0.6 is 0 Å². The van der Waals surface area contributed by atoms with Crippen LogP contribution in [0.5, 0.6) is 0 Å². The lowest BCUT2D eigenvalue weighted by Crippen LogP contribution is -2.63. The number of ketones is 2. The van der Waals surface area contributed by atoms with Crippen molar-refractivity contribution in [1.29, 1.82) is 0 Å². The molecule has 1 N–H and O–H groups in total. The third-order valence-corrected chi connectivity index (χ3v) is 9.03. The van der Waals surface area contributed by atoms with Crippen molar-refractivity contribution >= 4 is 29.5 Å². The minimum absolute atomic E-state index is 0.0740. The summed E-state index contributed by atoms with van der Waals surface area (Å²) in [5.74, 6) is -5.18. The topological polar surface area (TPSA) is 146 Å². The summed E-state index contributed by atoms with van der Waals surface area (Å²) in [5, 5.41) is 10.9. The van der Waals surface area contributed by atoms with Crippen molar-refractivity contribution in [1.82, 2.24) is 4.90 Å². The molecule has 0 aromatic heterocycles. The van der Waals surface area contributed by atoms with Crippen LogP contribution in [0.3, 0.4) is 0 Å². The van der Waals surface area contributed by atoms with Crippen LogP contribution in [-0.4, -0.2) is 90.7 Å². The molecule has 0 spiro atoms. The predicted molar refractivity (Wildman–Crippen MR) is 144 cm³/mol.